The molecule has 0 aromatic heterocycles. The minimum atomic E-state index is -3.60. The van der Waals surface area contributed by atoms with E-state index in [1.165, 1.54) is 4.90 Å². The Balaban J connectivity index is 5.27. The summed E-state index contributed by atoms with van der Waals surface area (Å²) in [6.07, 6.45) is 0.239. The van der Waals surface area contributed by atoms with Gasteiger partial charge in [-0.05, 0) is 34.1 Å². The van der Waals surface area contributed by atoms with Crippen LogP contribution < -0.4 is 0 Å². The third-order valence-electron chi connectivity index (χ3n) is 2.95. The van der Waals surface area contributed by atoms with Crippen molar-refractivity contribution in [2.75, 3.05) is 26.3 Å². The second-order valence-electron chi connectivity index (χ2n) is 4.14. The van der Waals surface area contributed by atoms with Crippen LogP contribution >= 0.6 is 7.60 Å². The largest absolute Gasteiger partial charge is 0.341 e. The SMILES string of the molecule is CCOP(=O)(OCC)C(CC)C(=O)C(=O)N(CC)CC. The molecule has 1 amide bonds. The van der Waals surface area contributed by atoms with Crippen molar-refractivity contribution in [3.63, 3.8) is 0 Å². The summed E-state index contributed by atoms with van der Waals surface area (Å²) in [6, 6.07) is 0. The van der Waals surface area contributed by atoms with Crippen LogP contribution in [0.1, 0.15) is 41.0 Å². The van der Waals surface area contributed by atoms with Crippen LogP contribution in [0.25, 0.3) is 0 Å². The van der Waals surface area contributed by atoms with Gasteiger partial charge in [-0.3, -0.25) is 14.2 Å². The van der Waals surface area contributed by atoms with Gasteiger partial charge in [-0.2, -0.15) is 0 Å². The monoisotopic (exact) mass is 307 g/mol. The van der Waals surface area contributed by atoms with Gasteiger partial charge < -0.3 is 13.9 Å². The van der Waals surface area contributed by atoms with E-state index in [9.17, 15) is 14.2 Å². The van der Waals surface area contributed by atoms with Gasteiger partial charge in [-0.25, -0.2) is 0 Å². The third kappa shape index (κ3) is 4.69. The second-order valence-corrected chi connectivity index (χ2v) is 6.36. The maximum absolute atomic E-state index is 12.7. The Morgan fingerprint density at radius 3 is 1.75 bits per heavy atom. The van der Waals surface area contributed by atoms with E-state index in [0.717, 1.165) is 0 Å². The number of carbonyl (C=O) groups excluding carboxylic acids is 2. The van der Waals surface area contributed by atoms with E-state index in [1.807, 2.05) is 0 Å². The lowest BCUT2D eigenvalue weighted by molar-refractivity contribution is -0.144. The molecule has 0 saturated heterocycles. The smallest absolute Gasteiger partial charge is 0.337 e. The van der Waals surface area contributed by atoms with E-state index >= 15 is 0 Å². The Kier molecular flexibility index (Phi) is 8.94. The molecule has 0 N–H and O–H groups in total. The number of ketones is 1. The van der Waals surface area contributed by atoms with E-state index in [2.05, 4.69) is 0 Å². The average molecular weight is 307 g/mol. The quantitative estimate of drug-likeness (QED) is 0.458. The predicted octanol–water partition coefficient (Wildman–Crippen LogP) is 2.47. The molecule has 0 aliphatic carbocycles. The number of hydrogen-bond donors (Lipinski definition) is 0. The predicted molar refractivity (Wildman–Crippen MR) is 77.9 cm³/mol. The number of amides is 1. The van der Waals surface area contributed by atoms with E-state index in [1.54, 1.807) is 34.6 Å². The van der Waals surface area contributed by atoms with Crippen LogP contribution in [0.4, 0.5) is 0 Å². The molecule has 0 rings (SSSR count). The van der Waals surface area contributed by atoms with Gasteiger partial charge >= 0.3 is 7.60 Å². The first kappa shape index (κ1) is 19.3. The Morgan fingerprint density at radius 2 is 1.45 bits per heavy atom. The van der Waals surface area contributed by atoms with Crippen molar-refractivity contribution in [3.05, 3.63) is 0 Å². The summed E-state index contributed by atoms with van der Waals surface area (Å²) in [6.45, 7) is 9.84. The maximum atomic E-state index is 12.7. The van der Waals surface area contributed by atoms with Crippen LogP contribution in [0, 0.1) is 0 Å². The molecule has 0 aromatic carbocycles. The van der Waals surface area contributed by atoms with Gasteiger partial charge in [-0.1, -0.05) is 6.92 Å². The fraction of sp³-hybridized carbons (Fsp3) is 0.846. The fourth-order valence-electron chi connectivity index (χ4n) is 1.94. The molecular formula is C13H26NO5P. The van der Waals surface area contributed by atoms with Gasteiger partial charge in [0, 0.05) is 13.1 Å². The van der Waals surface area contributed by atoms with Crippen LogP contribution in [0.3, 0.4) is 0 Å². The molecule has 1 unspecified atom stereocenters. The normalized spacial score (nSPS) is 13.1. The minimum absolute atomic E-state index is 0.167. The highest BCUT2D eigenvalue weighted by molar-refractivity contribution is 7.56. The van der Waals surface area contributed by atoms with Gasteiger partial charge in [0.15, 0.2) is 0 Å². The van der Waals surface area contributed by atoms with E-state index in [4.69, 9.17) is 9.05 Å². The summed E-state index contributed by atoms with van der Waals surface area (Å²) < 4.78 is 23.0. The van der Waals surface area contributed by atoms with Gasteiger partial charge in [0.25, 0.3) is 5.91 Å². The van der Waals surface area contributed by atoms with Gasteiger partial charge in [0.2, 0.25) is 5.78 Å². The molecule has 0 aliphatic heterocycles. The standard InChI is InChI=1S/C13H26NO5P/c1-6-11(20(17,18-9-4)19-10-5)12(15)13(16)14(7-2)8-3/h11H,6-10H2,1-5H3. The molecule has 1 atom stereocenters. The first-order chi connectivity index (χ1) is 9.41. The van der Waals surface area contributed by atoms with Crippen LogP contribution in [-0.4, -0.2) is 48.6 Å². The number of hydrogen-bond acceptors (Lipinski definition) is 5. The maximum Gasteiger partial charge on any atom is 0.341 e. The highest BCUT2D eigenvalue weighted by Crippen LogP contribution is 2.54. The molecule has 118 valence electrons. The molecule has 0 bridgehead atoms. The van der Waals surface area contributed by atoms with Crippen LogP contribution in [-0.2, 0) is 23.2 Å². The summed E-state index contributed by atoms with van der Waals surface area (Å²) in [5.74, 6) is -1.32. The number of carbonyl (C=O) groups is 2. The van der Waals surface area contributed by atoms with Crippen molar-refractivity contribution >= 4 is 19.3 Å². The molecular weight excluding hydrogens is 281 g/mol. The van der Waals surface area contributed by atoms with E-state index in [0.29, 0.717) is 13.1 Å². The van der Waals surface area contributed by atoms with Crippen molar-refractivity contribution < 1.29 is 23.2 Å². The van der Waals surface area contributed by atoms with Crippen molar-refractivity contribution in [3.8, 4) is 0 Å². The molecule has 0 saturated carbocycles. The summed E-state index contributed by atoms with van der Waals surface area (Å²) in [4.78, 5) is 25.8. The molecule has 6 nitrogen and oxygen atoms in total. The number of nitrogens with zero attached hydrogens (tertiary/aromatic N) is 1. The third-order valence-corrected chi connectivity index (χ3v) is 5.55. The Morgan fingerprint density at radius 1 is 1.00 bits per heavy atom. The van der Waals surface area contributed by atoms with Crippen LogP contribution in [0.15, 0.2) is 0 Å². The lowest BCUT2D eigenvalue weighted by atomic mass is 10.2. The van der Waals surface area contributed by atoms with Gasteiger partial charge in [-0.15, -0.1) is 0 Å². The molecule has 20 heavy (non-hydrogen) atoms. The van der Waals surface area contributed by atoms with Crippen molar-refractivity contribution in [1.29, 1.82) is 0 Å². The minimum Gasteiger partial charge on any atom is -0.337 e. The van der Waals surface area contributed by atoms with Crippen molar-refractivity contribution in [2.45, 2.75) is 46.7 Å². The summed E-state index contributed by atoms with van der Waals surface area (Å²) >= 11 is 0. The molecule has 0 fully saturated rings. The van der Waals surface area contributed by atoms with Crippen molar-refractivity contribution in [1.82, 2.24) is 4.90 Å². The van der Waals surface area contributed by atoms with Crippen molar-refractivity contribution in [2.24, 2.45) is 0 Å². The van der Waals surface area contributed by atoms with E-state index < -0.39 is 24.9 Å². The molecule has 7 heteroatoms. The Hall–Kier alpha value is -0.710. The lowest BCUT2D eigenvalue weighted by Gasteiger charge is -2.26. The Labute approximate surface area is 121 Å². The van der Waals surface area contributed by atoms with E-state index in [-0.39, 0.29) is 19.6 Å². The number of Topliss-reactive ketones (excluding diaryl/α,β-unsaturated/α-hetero) is 1. The summed E-state index contributed by atoms with van der Waals surface area (Å²) in [5, 5.41) is 0. The Bertz CT molecular complexity index is 358. The lowest BCUT2D eigenvalue weighted by Crippen LogP contribution is -2.41. The summed E-state index contributed by atoms with van der Waals surface area (Å²) in [7, 11) is -3.60. The van der Waals surface area contributed by atoms with Gasteiger partial charge in [0.1, 0.15) is 5.66 Å². The molecule has 0 spiro atoms. The molecule has 0 heterocycles. The zero-order valence-electron chi connectivity index (χ0n) is 13.0. The summed E-state index contributed by atoms with van der Waals surface area (Å²) in [5.41, 5.74) is -1.03. The molecule has 0 aliphatic rings. The topological polar surface area (TPSA) is 72.9 Å². The second kappa shape index (κ2) is 9.27. The molecule has 0 radical (unpaired) electrons. The average Bonchev–Trinajstić information content (AvgIpc) is 2.40. The highest BCUT2D eigenvalue weighted by atomic mass is 31.2. The van der Waals surface area contributed by atoms with Gasteiger partial charge in [0.05, 0.1) is 13.2 Å². The van der Waals surface area contributed by atoms with Crippen LogP contribution in [0.5, 0.6) is 0 Å². The fourth-order valence-corrected chi connectivity index (χ4v) is 3.94. The number of likely N-dealkylation sites (N-methyl/N-ethyl adjacent to an activating group) is 1. The zero-order valence-corrected chi connectivity index (χ0v) is 13.9. The number of rotatable bonds is 10. The highest BCUT2D eigenvalue weighted by Gasteiger charge is 2.43. The molecule has 0 aromatic rings. The first-order valence-corrected chi connectivity index (χ1v) is 8.74. The zero-order chi connectivity index (χ0) is 15.8. The van der Waals surface area contributed by atoms with Crippen LogP contribution in [0.2, 0.25) is 0 Å². The first-order valence-electron chi connectivity index (χ1n) is 7.13.